The highest BCUT2D eigenvalue weighted by molar-refractivity contribution is 7.99. The zero-order valence-corrected chi connectivity index (χ0v) is 10.8. The highest BCUT2D eigenvalue weighted by Crippen LogP contribution is 2.15. The maximum Gasteiger partial charge on any atom is 0.238 e. The van der Waals surface area contributed by atoms with Gasteiger partial charge in [0, 0.05) is 11.5 Å². The third kappa shape index (κ3) is 5.40. The van der Waals surface area contributed by atoms with E-state index in [1.54, 1.807) is 23.9 Å². The molecule has 0 amide bonds. The van der Waals surface area contributed by atoms with Crippen LogP contribution in [0.3, 0.4) is 0 Å². The summed E-state index contributed by atoms with van der Waals surface area (Å²) in [4.78, 5) is 0.0690. The standard InChI is InChI=1S/C10H15NO4S2/c11-17(13,14)10-3-1-9(2-4-10)15-6-8-16-7-5-12/h1-4,12H,5-8H2,(H2,11,13,14). The van der Waals surface area contributed by atoms with Crippen LogP contribution in [0.4, 0.5) is 0 Å². The number of rotatable bonds is 7. The summed E-state index contributed by atoms with van der Waals surface area (Å²) in [6.45, 7) is 0.674. The smallest absolute Gasteiger partial charge is 0.238 e. The molecule has 5 nitrogen and oxygen atoms in total. The molecule has 0 saturated carbocycles. The molecule has 1 aromatic rings. The van der Waals surface area contributed by atoms with Gasteiger partial charge in [0.2, 0.25) is 10.0 Å². The molecule has 17 heavy (non-hydrogen) atoms. The Kier molecular flexibility index (Phi) is 5.76. The van der Waals surface area contributed by atoms with Gasteiger partial charge in [-0.1, -0.05) is 0 Å². The number of aliphatic hydroxyl groups excluding tert-OH is 1. The lowest BCUT2D eigenvalue weighted by atomic mass is 10.3. The van der Waals surface area contributed by atoms with Crippen LogP contribution < -0.4 is 9.88 Å². The van der Waals surface area contributed by atoms with Gasteiger partial charge in [-0.2, -0.15) is 11.8 Å². The molecule has 0 heterocycles. The van der Waals surface area contributed by atoms with Gasteiger partial charge in [-0.25, -0.2) is 13.6 Å². The topological polar surface area (TPSA) is 89.6 Å². The van der Waals surface area contributed by atoms with Crippen molar-refractivity contribution in [1.82, 2.24) is 0 Å². The fourth-order valence-corrected chi connectivity index (χ4v) is 2.16. The van der Waals surface area contributed by atoms with Crippen molar-refractivity contribution in [2.24, 2.45) is 5.14 Å². The molecule has 1 rings (SSSR count). The van der Waals surface area contributed by atoms with Gasteiger partial charge >= 0.3 is 0 Å². The number of hydrogen-bond donors (Lipinski definition) is 2. The minimum absolute atomic E-state index is 0.0690. The summed E-state index contributed by atoms with van der Waals surface area (Å²) in [5, 5.41) is 13.5. The molecule has 96 valence electrons. The van der Waals surface area contributed by atoms with Gasteiger partial charge in [0.25, 0.3) is 0 Å². The number of thioether (sulfide) groups is 1. The van der Waals surface area contributed by atoms with Crippen molar-refractivity contribution >= 4 is 21.8 Å². The molecule has 0 aromatic heterocycles. The van der Waals surface area contributed by atoms with Crippen LogP contribution in [-0.2, 0) is 10.0 Å². The molecule has 0 radical (unpaired) electrons. The minimum atomic E-state index is -3.64. The minimum Gasteiger partial charge on any atom is -0.493 e. The molecule has 0 aliphatic rings. The summed E-state index contributed by atoms with van der Waals surface area (Å²) in [5.74, 6) is 2.06. The highest BCUT2D eigenvalue weighted by Gasteiger charge is 2.06. The monoisotopic (exact) mass is 277 g/mol. The summed E-state index contributed by atoms with van der Waals surface area (Å²) in [5.41, 5.74) is 0. The van der Waals surface area contributed by atoms with Crippen molar-refractivity contribution < 1.29 is 18.3 Å². The Morgan fingerprint density at radius 3 is 2.41 bits per heavy atom. The van der Waals surface area contributed by atoms with E-state index >= 15 is 0 Å². The number of benzene rings is 1. The summed E-state index contributed by atoms with van der Waals surface area (Å²) >= 11 is 1.59. The molecule has 0 aliphatic heterocycles. The Hall–Kier alpha value is -0.760. The van der Waals surface area contributed by atoms with Crippen molar-refractivity contribution in [3.63, 3.8) is 0 Å². The van der Waals surface area contributed by atoms with E-state index in [9.17, 15) is 8.42 Å². The Bertz CT molecular complexity index is 430. The van der Waals surface area contributed by atoms with E-state index in [-0.39, 0.29) is 11.5 Å². The zero-order valence-electron chi connectivity index (χ0n) is 9.20. The summed E-state index contributed by atoms with van der Waals surface area (Å²) in [6, 6.07) is 5.95. The van der Waals surface area contributed by atoms with E-state index in [0.29, 0.717) is 18.1 Å². The van der Waals surface area contributed by atoms with Crippen molar-refractivity contribution in [1.29, 1.82) is 0 Å². The fraction of sp³-hybridized carbons (Fsp3) is 0.400. The number of nitrogens with two attached hydrogens (primary N) is 1. The molecule has 0 unspecified atom stereocenters. The van der Waals surface area contributed by atoms with E-state index in [1.807, 2.05) is 0 Å². The molecule has 0 saturated heterocycles. The first-order valence-electron chi connectivity index (χ1n) is 4.98. The predicted molar refractivity (Wildman–Crippen MR) is 67.7 cm³/mol. The predicted octanol–water partition coefficient (Wildman–Crippen LogP) is 0.438. The van der Waals surface area contributed by atoms with Crippen molar-refractivity contribution in [3.8, 4) is 5.75 Å². The van der Waals surface area contributed by atoms with Gasteiger partial charge in [0.15, 0.2) is 0 Å². The van der Waals surface area contributed by atoms with Gasteiger partial charge in [-0.3, -0.25) is 0 Å². The van der Waals surface area contributed by atoms with Gasteiger partial charge in [0.1, 0.15) is 5.75 Å². The number of sulfonamides is 1. The van der Waals surface area contributed by atoms with Crippen molar-refractivity contribution in [2.75, 3.05) is 24.7 Å². The van der Waals surface area contributed by atoms with Gasteiger partial charge < -0.3 is 9.84 Å². The number of hydrogen-bond acceptors (Lipinski definition) is 5. The maximum absolute atomic E-state index is 11.0. The maximum atomic E-state index is 11.0. The molecule has 0 atom stereocenters. The second-order valence-electron chi connectivity index (χ2n) is 3.20. The molecule has 7 heteroatoms. The molecule has 0 bridgehead atoms. The van der Waals surface area contributed by atoms with E-state index in [2.05, 4.69) is 0 Å². The van der Waals surface area contributed by atoms with Crippen LogP contribution in [0.15, 0.2) is 29.2 Å². The molecular formula is C10H15NO4S2. The second kappa shape index (κ2) is 6.85. The Balaban J connectivity index is 2.41. The molecule has 0 aliphatic carbocycles. The summed E-state index contributed by atoms with van der Waals surface area (Å²) < 4.78 is 27.4. The van der Waals surface area contributed by atoms with Crippen LogP contribution in [-0.4, -0.2) is 38.2 Å². The van der Waals surface area contributed by atoms with E-state index in [4.69, 9.17) is 15.0 Å². The van der Waals surface area contributed by atoms with Gasteiger partial charge in [0.05, 0.1) is 18.1 Å². The van der Waals surface area contributed by atoms with Crippen molar-refractivity contribution in [3.05, 3.63) is 24.3 Å². The average molecular weight is 277 g/mol. The van der Waals surface area contributed by atoms with Gasteiger partial charge in [-0.05, 0) is 24.3 Å². The fourth-order valence-electron chi connectivity index (χ4n) is 1.11. The van der Waals surface area contributed by atoms with Crippen LogP contribution in [0.5, 0.6) is 5.75 Å². The third-order valence-corrected chi connectivity index (χ3v) is 3.74. The van der Waals surface area contributed by atoms with E-state index < -0.39 is 10.0 Å². The Morgan fingerprint density at radius 2 is 1.88 bits per heavy atom. The van der Waals surface area contributed by atoms with Crippen LogP contribution >= 0.6 is 11.8 Å². The van der Waals surface area contributed by atoms with E-state index in [0.717, 1.165) is 5.75 Å². The molecular weight excluding hydrogens is 262 g/mol. The van der Waals surface area contributed by atoms with Crippen LogP contribution in [0.25, 0.3) is 0 Å². The lowest BCUT2D eigenvalue weighted by molar-refractivity contribution is 0.321. The van der Waals surface area contributed by atoms with Crippen LogP contribution in [0, 0.1) is 0 Å². The first-order chi connectivity index (χ1) is 8.04. The Morgan fingerprint density at radius 1 is 1.24 bits per heavy atom. The van der Waals surface area contributed by atoms with E-state index in [1.165, 1.54) is 12.1 Å². The zero-order chi connectivity index (χ0) is 12.7. The molecule has 3 N–H and O–H groups in total. The number of aliphatic hydroxyl groups is 1. The van der Waals surface area contributed by atoms with Crippen LogP contribution in [0.2, 0.25) is 0 Å². The largest absolute Gasteiger partial charge is 0.493 e. The summed E-state index contributed by atoms with van der Waals surface area (Å²) in [7, 11) is -3.64. The SMILES string of the molecule is NS(=O)(=O)c1ccc(OCCSCCO)cc1. The normalized spacial score (nSPS) is 11.4. The quantitative estimate of drug-likeness (QED) is 0.706. The third-order valence-electron chi connectivity index (χ3n) is 1.88. The number of ether oxygens (including phenoxy) is 1. The first kappa shape index (κ1) is 14.3. The molecule has 0 fully saturated rings. The average Bonchev–Trinajstić information content (AvgIpc) is 2.28. The molecule has 0 spiro atoms. The lowest BCUT2D eigenvalue weighted by Crippen LogP contribution is -2.11. The summed E-state index contributed by atoms with van der Waals surface area (Å²) in [6.07, 6.45) is 0. The highest BCUT2D eigenvalue weighted by atomic mass is 32.2. The number of primary sulfonamides is 1. The van der Waals surface area contributed by atoms with Crippen LogP contribution in [0.1, 0.15) is 0 Å². The van der Waals surface area contributed by atoms with Crippen molar-refractivity contribution in [2.45, 2.75) is 4.90 Å². The lowest BCUT2D eigenvalue weighted by Gasteiger charge is -2.06. The molecule has 1 aromatic carbocycles. The second-order valence-corrected chi connectivity index (χ2v) is 5.99. The first-order valence-corrected chi connectivity index (χ1v) is 7.68. The van der Waals surface area contributed by atoms with Gasteiger partial charge in [-0.15, -0.1) is 0 Å². The Labute approximate surface area is 105 Å².